The average molecular weight is 452 g/mol. The molecule has 30 heavy (non-hydrogen) atoms. The second kappa shape index (κ2) is 9.14. The molecule has 2 aromatic carbocycles. The first kappa shape index (κ1) is 22.2. The van der Waals surface area contributed by atoms with E-state index < -0.39 is 16.1 Å². The van der Waals surface area contributed by atoms with Crippen molar-refractivity contribution in [3.63, 3.8) is 0 Å². The van der Waals surface area contributed by atoms with Crippen LogP contribution in [0.15, 0.2) is 48.5 Å². The summed E-state index contributed by atoms with van der Waals surface area (Å²) in [6.07, 6.45) is 1.09. The van der Waals surface area contributed by atoms with E-state index in [0.717, 1.165) is 22.0 Å². The molecule has 1 aliphatic heterocycles. The predicted octanol–water partition coefficient (Wildman–Crippen LogP) is 2.85. The molecule has 0 aromatic heterocycles. The van der Waals surface area contributed by atoms with Crippen LogP contribution in [-0.2, 0) is 14.8 Å². The number of rotatable bonds is 6. The third-order valence-corrected chi connectivity index (χ3v) is 6.62. The maximum atomic E-state index is 13.2. The first-order valence-electron chi connectivity index (χ1n) is 9.64. The van der Waals surface area contributed by atoms with E-state index in [2.05, 4.69) is 4.90 Å². The van der Waals surface area contributed by atoms with Gasteiger partial charge < -0.3 is 14.5 Å². The number of methoxy groups -OCH3 is 1. The number of hydrogen-bond acceptors (Lipinski definition) is 5. The maximum Gasteiger partial charge on any atom is 0.246 e. The van der Waals surface area contributed by atoms with Crippen molar-refractivity contribution >= 4 is 38.9 Å². The molecule has 3 rings (SSSR count). The van der Waals surface area contributed by atoms with Gasteiger partial charge in [0.25, 0.3) is 0 Å². The highest BCUT2D eigenvalue weighted by Crippen LogP contribution is 2.29. The summed E-state index contributed by atoms with van der Waals surface area (Å²) in [5.74, 6) is 0.551. The van der Waals surface area contributed by atoms with E-state index in [1.54, 1.807) is 43.2 Å². The Morgan fingerprint density at radius 1 is 1.10 bits per heavy atom. The summed E-state index contributed by atoms with van der Waals surface area (Å²) in [6, 6.07) is 13.4. The first-order chi connectivity index (χ1) is 14.2. The highest BCUT2D eigenvalue weighted by atomic mass is 35.5. The van der Waals surface area contributed by atoms with Crippen LogP contribution in [0.5, 0.6) is 5.75 Å². The third kappa shape index (κ3) is 4.82. The van der Waals surface area contributed by atoms with Gasteiger partial charge in [0.15, 0.2) is 0 Å². The van der Waals surface area contributed by atoms with Gasteiger partial charge in [-0.1, -0.05) is 29.8 Å². The first-order valence-corrected chi connectivity index (χ1v) is 11.9. The van der Waals surface area contributed by atoms with Crippen LogP contribution >= 0.6 is 11.6 Å². The van der Waals surface area contributed by atoms with Gasteiger partial charge in [0, 0.05) is 31.2 Å². The van der Waals surface area contributed by atoms with Crippen LogP contribution < -0.4 is 13.9 Å². The van der Waals surface area contributed by atoms with Crippen molar-refractivity contribution in [1.82, 2.24) is 4.90 Å². The number of amides is 1. The summed E-state index contributed by atoms with van der Waals surface area (Å²) in [5, 5.41) is 0.409. The third-order valence-electron chi connectivity index (χ3n) is 5.15. The van der Waals surface area contributed by atoms with Gasteiger partial charge in [-0.05, 0) is 37.3 Å². The van der Waals surface area contributed by atoms with Crippen LogP contribution in [0.25, 0.3) is 0 Å². The molecule has 9 heteroatoms. The normalized spacial score (nSPS) is 15.6. The molecule has 0 bridgehead atoms. The fraction of sp³-hybridized carbons (Fsp3) is 0.381. The van der Waals surface area contributed by atoms with Crippen LogP contribution in [0.4, 0.5) is 11.4 Å². The highest BCUT2D eigenvalue weighted by molar-refractivity contribution is 7.92. The van der Waals surface area contributed by atoms with Gasteiger partial charge in [0.2, 0.25) is 15.9 Å². The summed E-state index contributed by atoms with van der Waals surface area (Å²) in [7, 11) is -2.05. The second-order valence-electron chi connectivity index (χ2n) is 7.20. The van der Waals surface area contributed by atoms with Crippen LogP contribution in [-0.4, -0.2) is 64.8 Å². The van der Waals surface area contributed by atoms with E-state index in [4.69, 9.17) is 16.3 Å². The summed E-state index contributed by atoms with van der Waals surface area (Å²) >= 11 is 6.04. The quantitative estimate of drug-likeness (QED) is 0.675. The van der Waals surface area contributed by atoms with E-state index in [1.165, 1.54) is 0 Å². The molecule has 0 saturated carbocycles. The lowest BCUT2D eigenvalue weighted by atomic mass is 10.2. The average Bonchev–Trinajstić information content (AvgIpc) is 2.72. The Kier molecular flexibility index (Phi) is 6.77. The van der Waals surface area contributed by atoms with E-state index in [9.17, 15) is 13.2 Å². The van der Waals surface area contributed by atoms with Crippen LogP contribution in [0.3, 0.4) is 0 Å². The molecule has 1 amide bonds. The number of benzene rings is 2. The molecule has 7 nitrogen and oxygen atoms in total. The Morgan fingerprint density at radius 3 is 2.37 bits per heavy atom. The van der Waals surface area contributed by atoms with Crippen molar-refractivity contribution in [3.05, 3.63) is 53.6 Å². The number of halogens is 1. The topological polar surface area (TPSA) is 70.2 Å². The molecule has 0 N–H and O–H groups in total. The smallest absolute Gasteiger partial charge is 0.246 e. The number of carbonyl (C=O) groups excluding carboxylic acids is 1. The van der Waals surface area contributed by atoms with Gasteiger partial charge in [0.1, 0.15) is 11.8 Å². The summed E-state index contributed by atoms with van der Waals surface area (Å²) in [6.45, 7) is 3.86. The van der Waals surface area contributed by atoms with Gasteiger partial charge >= 0.3 is 0 Å². The van der Waals surface area contributed by atoms with Crippen molar-refractivity contribution < 1.29 is 17.9 Å². The van der Waals surface area contributed by atoms with Gasteiger partial charge in [-0.15, -0.1) is 0 Å². The minimum atomic E-state index is -3.68. The van der Waals surface area contributed by atoms with Gasteiger partial charge in [0.05, 0.1) is 24.7 Å². The number of anilines is 2. The number of ether oxygens (including phenoxy) is 1. The molecule has 162 valence electrons. The molecule has 1 saturated heterocycles. The molecule has 1 fully saturated rings. The van der Waals surface area contributed by atoms with Crippen LogP contribution in [0.2, 0.25) is 5.02 Å². The highest BCUT2D eigenvalue weighted by Gasteiger charge is 2.33. The minimum absolute atomic E-state index is 0.236. The number of sulfonamides is 1. The van der Waals surface area contributed by atoms with Gasteiger partial charge in [-0.2, -0.15) is 0 Å². The molecule has 0 spiro atoms. The van der Waals surface area contributed by atoms with E-state index in [0.29, 0.717) is 36.9 Å². The van der Waals surface area contributed by atoms with E-state index in [1.807, 2.05) is 24.3 Å². The summed E-state index contributed by atoms with van der Waals surface area (Å²) in [5.41, 5.74) is 1.36. The van der Waals surface area contributed by atoms with Crippen molar-refractivity contribution in [2.75, 3.05) is 48.7 Å². The van der Waals surface area contributed by atoms with E-state index >= 15 is 0 Å². The monoisotopic (exact) mass is 451 g/mol. The van der Waals surface area contributed by atoms with Crippen LogP contribution in [0, 0.1) is 0 Å². The zero-order chi connectivity index (χ0) is 21.9. The lowest BCUT2D eigenvalue weighted by Crippen LogP contribution is -2.55. The minimum Gasteiger partial charge on any atom is -0.495 e. The van der Waals surface area contributed by atoms with Crippen molar-refractivity contribution in [2.45, 2.75) is 13.0 Å². The predicted molar refractivity (Wildman–Crippen MR) is 120 cm³/mol. The fourth-order valence-electron chi connectivity index (χ4n) is 3.74. The molecule has 1 atom stereocenters. The molecule has 1 heterocycles. The number of para-hydroxylation sites is 2. The van der Waals surface area contributed by atoms with Gasteiger partial charge in [-0.3, -0.25) is 9.10 Å². The number of nitrogens with zero attached hydrogens (tertiary/aromatic N) is 3. The van der Waals surface area contributed by atoms with Crippen molar-refractivity contribution in [2.24, 2.45) is 0 Å². The lowest BCUT2D eigenvalue weighted by Gasteiger charge is -2.39. The van der Waals surface area contributed by atoms with E-state index in [-0.39, 0.29) is 5.91 Å². The standard InChI is InChI=1S/C21H26ClN3O4S/c1-16(25(30(3,27)28)18-8-6-7-17(22)15-18)21(26)24-13-11-23(12-14-24)19-9-4-5-10-20(19)29-2/h4-10,15-16H,11-14H2,1-3H3/t16-/m1/s1. The Hall–Kier alpha value is -2.45. The molecular formula is C21H26ClN3O4S. The molecule has 1 aliphatic rings. The Balaban J connectivity index is 1.74. The Morgan fingerprint density at radius 2 is 1.77 bits per heavy atom. The lowest BCUT2D eigenvalue weighted by molar-refractivity contribution is -0.132. The maximum absolute atomic E-state index is 13.2. The number of piperazine rings is 1. The fourth-order valence-corrected chi connectivity index (χ4v) is 5.08. The Labute approximate surface area is 182 Å². The van der Waals surface area contributed by atoms with Crippen molar-refractivity contribution in [3.8, 4) is 5.75 Å². The van der Waals surface area contributed by atoms with Crippen LogP contribution in [0.1, 0.15) is 6.92 Å². The molecule has 0 aliphatic carbocycles. The zero-order valence-corrected chi connectivity index (χ0v) is 18.9. The second-order valence-corrected chi connectivity index (χ2v) is 9.49. The van der Waals surface area contributed by atoms with Gasteiger partial charge in [-0.25, -0.2) is 8.42 Å². The largest absolute Gasteiger partial charge is 0.495 e. The summed E-state index contributed by atoms with van der Waals surface area (Å²) < 4.78 is 31.5. The molecule has 2 aromatic rings. The number of carbonyl (C=O) groups is 1. The molecule has 0 radical (unpaired) electrons. The Bertz CT molecular complexity index is 1010. The zero-order valence-electron chi connectivity index (χ0n) is 17.3. The SMILES string of the molecule is COc1ccccc1N1CCN(C(=O)[C@@H](C)N(c2cccc(Cl)c2)S(C)(=O)=O)CC1. The molecular weight excluding hydrogens is 426 g/mol. The summed E-state index contributed by atoms with van der Waals surface area (Å²) in [4.78, 5) is 17.0. The molecule has 0 unspecified atom stereocenters. The van der Waals surface area contributed by atoms with Crippen molar-refractivity contribution in [1.29, 1.82) is 0 Å². The number of hydrogen-bond donors (Lipinski definition) is 0.